The van der Waals surface area contributed by atoms with Crippen molar-refractivity contribution in [1.82, 2.24) is 9.55 Å². The van der Waals surface area contributed by atoms with Crippen molar-refractivity contribution in [3.8, 4) is 0 Å². The Morgan fingerprint density at radius 3 is 2.88 bits per heavy atom. The van der Waals surface area contributed by atoms with Crippen molar-refractivity contribution in [1.29, 1.82) is 0 Å². The standard InChI is InChI=1S/C11H15N5/c1-7-4-10(12)14-15-11(7)9-5-13-6-16(9)8-2-3-8/h5-8H,2-4H2,1H3,(H2,12,14). The highest BCUT2D eigenvalue weighted by atomic mass is 15.3. The summed E-state index contributed by atoms with van der Waals surface area (Å²) in [7, 11) is 0. The fourth-order valence-electron chi connectivity index (χ4n) is 2.12. The van der Waals surface area contributed by atoms with Gasteiger partial charge in [-0.3, -0.25) is 0 Å². The number of hydrogen-bond acceptors (Lipinski definition) is 4. The second-order valence-corrected chi connectivity index (χ2v) is 4.60. The van der Waals surface area contributed by atoms with Gasteiger partial charge in [-0.1, -0.05) is 6.92 Å². The summed E-state index contributed by atoms with van der Waals surface area (Å²) >= 11 is 0. The Morgan fingerprint density at radius 2 is 2.19 bits per heavy atom. The zero-order valence-corrected chi connectivity index (χ0v) is 9.30. The van der Waals surface area contributed by atoms with Crippen LogP contribution in [0.3, 0.4) is 0 Å². The van der Waals surface area contributed by atoms with Crippen LogP contribution >= 0.6 is 0 Å². The number of hydrogen-bond donors (Lipinski definition) is 1. The maximum absolute atomic E-state index is 5.67. The van der Waals surface area contributed by atoms with Crippen molar-refractivity contribution in [2.45, 2.75) is 32.2 Å². The lowest BCUT2D eigenvalue weighted by atomic mass is 9.98. The van der Waals surface area contributed by atoms with E-state index in [0.717, 1.165) is 17.8 Å². The van der Waals surface area contributed by atoms with Crippen LogP contribution in [0.25, 0.3) is 0 Å². The summed E-state index contributed by atoms with van der Waals surface area (Å²) in [6, 6.07) is 0.621. The van der Waals surface area contributed by atoms with Crippen molar-refractivity contribution in [2.75, 3.05) is 0 Å². The van der Waals surface area contributed by atoms with Gasteiger partial charge in [-0.15, -0.1) is 5.10 Å². The Kier molecular flexibility index (Phi) is 2.05. The molecule has 84 valence electrons. The Morgan fingerprint density at radius 1 is 1.38 bits per heavy atom. The number of amidine groups is 1. The Labute approximate surface area is 94.1 Å². The van der Waals surface area contributed by atoms with Crippen molar-refractivity contribution in [2.24, 2.45) is 21.9 Å². The van der Waals surface area contributed by atoms with Gasteiger partial charge >= 0.3 is 0 Å². The van der Waals surface area contributed by atoms with Crippen molar-refractivity contribution in [3.05, 3.63) is 18.2 Å². The van der Waals surface area contributed by atoms with Gasteiger partial charge in [0.2, 0.25) is 0 Å². The normalized spacial score (nSPS) is 25.2. The second-order valence-electron chi connectivity index (χ2n) is 4.60. The fraction of sp³-hybridized carbons (Fsp3) is 0.545. The average Bonchev–Trinajstić information content (AvgIpc) is 2.98. The van der Waals surface area contributed by atoms with Crippen LogP contribution in [0, 0.1) is 5.92 Å². The minimum atomic E-state index is 0.326. The minimum Gasteiger partial charge on any atom is -0.386 e. The van der Waals surface area contributed by atoms with Crippen molar-refractivity contribution < 1.29 is 0 Å². The zero-order chi connectivity index (χ0) is 11.1. The predicted octanol–water partition coefficient (Wildman–Crippen LogP) is 1.32. The average molecular weight is 217 g/mol. The van der Waals surface area contributed by atoms with Crippen LogP contribution in [-0.2, 0) is 0 Å². The maximum atomic E-state index is 5.67. The molecule has 2 aliphatic rings. The largest absolute Gasteiger partial charge is 0.386 e. The first kappa shape index (κ1) is 9.57. The van der Waals surface area contributed by atoms with Gasteiger partial charge in [-0.2, -0.15) is 5.10 Å². The van der Waals surface area contributed by atoms with E-state index in [1.165, 1.54) is 12.8 Å². The third-order valence-corrected chi connectivity index (χ3v) is 3.14. The highest BCUT2D eigenvalue weighted by Crippen LogP contribution is 2.36. The Hall–Kier alpha value is -1.65. The van der Waals surface area contributed by atoms with Gasteiger partial charge in [0.05, 0.1) is 23.9 Å². The summed E-state index contributed by atoms with van der Waals surface area (Å²) in [5, 5.41) is 8.20. The van der Waals surface area contributed by atoms with E-state index >= 15 is 0 Å². The van der Waals surface area contributed by atoms with Gasteiger partial charge in [0.15, 0.2) is 0 Å². The van der Waals surface area contributed by atoms with Crippen molar-refractivity contribution in [3.63, 3.8) is 0 Å². The van der Waals surface area contributed by atoms with E-state index in [9.17, 15) is 0 Å². The highest BCUT2D eigenvalue weighted by molar-refractivity contribution is 6.04. The van der Waals surface area contributed by atoms with E-state index < -0.39 is 0 Å². The summed E-state index contributed by atoms with van der Waals surface area (Å²) in [4.78, 5) is 4.21. The van der Waals surface area contributed by atoms with Gasteiger partial charge in [-0.25, -0.2) is 4.98 Å². The highest BCUT2D eigenvalue weighted by Gasteiger charge is 2.29. The lowest BCUT2D eigenvalue weighted by molar-refractivity contribution is 0.712. The van der Waals surface area contributed by atoms with Gasteiger partial charge in [0, 0.05) is 18.4 Å². The fourth-order valence-corrected chi connectivity index (χ4v) is 2.12. The molecule has 1 unspecified atom stereocenters. The lowest BCUT2D eigenvalue weighted by Gasteiger charge is -2.18. The van der Waals surface area contributed by atoms with E-state index in [1.54, 1.807) is 0 Å². The molecular weight excluding hydrogens is 202 g/mol. The van der Waals surface area contributed by atoms with E-state index in [2.05, 4.69) is 26.7 Å². The monoisotopic (exact) mass is 217 g/mol. The molecule has 0 bridgehead atoms. The smallest absolute Gasteiger partial charge is 0.123 e. The molecular formula is C11H15N5. The lowest BCUT2D eigenvalue weighted by Crippen LogP contribution is -2.26. The summed E-state index contributed by atoms with van der Waals surface area (Å²) < 4.78 is 2.21. The molecule has 0 spiro atoms. The molecule has 2 N–H and O–H groups in total. The van der Waals surface area contributed by atoms with Crippen molar-refractivity contribution >= 4 is 11.5 Å². The molecule has 0 saturated heterocycles. The molecule has 3 rings (SSSR count). The van der Waals surface area contributed by atoms with Gasteiger partial charge in [-0.05, 0) is 12.8 Å². The Balaban J connectivity index is 1.99. The SMILES string of the molecule is CC1CC(N)=NN=C1c1cncn1C1CC1. The summed E-state index contributed by atoms with van der Waals surface area (Å²) in [6.45, 7) is 2.13. The van der Waals surface area contributed by atoms with Crippen LogP contribution in [0.1, 0.15) is 37.9 Å². The molecule has 1 aromatic heterocycles. The van der Waals surface area contributed by atoms with Gasteiger partial charge in [0.1, 0.15) is 5.84 Å². The second kappa shape index (κ2) is 3.43. The van der Waals surface area contributed by atoms with E-state index in [4.69, 9.17) is 5.73 Å². The first-order valence-electron chi connectivity index (χ1n) is 5.68. The number of rotatable bonds is 2. The first-order chi connectivity index (χ1) is 7.75. The van der Waals surface area contributed by atoms with Crippen LogP contribution in [0.4, 0.5) is 0 Å². The molecule has 1 aromatic rings. The molecule has 0 aromatic carbocycles. The predicted molar refractivity (Wildman–Crippen MR) is 62.4 cm³/mol. The molecule has 0 radical (unpaired) electrons. The quantitative estimate of drug-likeness (QED) is 0.811. The topological polar surface area (TPSA) is 68.6 Å². The third-order valence-electron chi connectivity index (χ3n) is 3.14. The molecule has 16 heavy (non-hydrogen) atoms. The van der Waals surface area contributed by atoms with Crippen LogP contribution in [0.5, 0.6) is 0 Å². The third kappa shape index (κ3) is 1.52. The molecule has 5 heteroatoms. The molecule has 5 nitrogen and oxygen atoms in total. The number of imidazole rings is 1. The number of nitrogens with zero attached hydrogens (tertiary/aromatic N) is 4. The zero-order valence-electron chi connectivity index (χ0n) is 9.30. The van der Waals surface area contributed by atoms with E-state index in [0.29, 0.717) is 17.8 Å². The molecule has 1 fully saturated rings. The molecule has 1 aliphatic heterocycles. The summed E-state index contributed by atoms with van der Waals surface area (Å²) in [5.74, 6) is 0.945. The maximum Gasteiger partial charge on any atom is 0.123 e. The van der Waals surface area contributed by atoms with E-state index in [-0.39, 0.29) is 0 Å². The van der Waals surface area contributed by atoms with E-state index in [1.807, 2.05) is 12.5 Å². The molecule has 2 heterocycles. The van der Waals surface area contributed by atoms with Crippen LogP contribution < -0.4 is 5.73 Å². The molecule has 1 saturated carbocycles. The van der Waals surface area contributed by atoms with Crippen LogP contribution in [-0.4, -0.2) is 21.1 Å². The summed E-state index contributed by atoms with van der Waals surface area (Å²) in [6.07, 6.45) is 7.05. The molecule has 0 amide bonds. The minimum absolute atomic E-state index is 0.326. The van der Waals surface area contributed by atoms with Crippen LogP contribution in [0.15, 0.2) is 22.7 Å². The number of nitrogens with two attached hydrogens (primary N) is 1. The molecule has 1 atom stereocenters. The van der Waals surface area contributed by atoms with Crippen LogP contribution in [0.2, 0.25) is 0 Å². The first-order valence-corrected chi connectivity index (χ1v) is 5.68. The summed E-state index contributed by atoms with van der Waals surface area (Å²) in [5.41, 5.74) is 7.79. The van der Waals surface area contributed by atoms with Gasteiger partial charge in [0.25, 0.3) is 0 Å². The van der Waals surface area contributed by atoms with Gasteiger partial charge < -0.3 is 10.3 Å². The number of aromatic nitrogens is 2. The molecule has 1 aliphatic carbocycles. The Bertz CT molecular complexity index is 466.